The van der Waals surface area contributed by atoms with Gasteiger partial charge in [0.2, 0.25) is 0 Å². The van der Waals surface area contributed by atoms with Gasteiger partial charge >= 0.3 is 0 Å². The number of rotatable bonds is 1. The molecule has 0 radical (unpaired) electrons. The summed E-state index contributed by atoms with van der Waals surface area (Å²) in [6.07, 6.45) is 1.58. The minimum atomic E-state index is -0.392. The lowest BCUT2D eigenvalue weighted by Gasteiger charge is -2.31. The second kappa shape index (κ2) is 4.33. The fourth-order valence-corrected chi connectivity index (χ4v) is 1.79. The third-order valence-corrected chi connectivity index (χ3v) is 2.69. The number of nitriles is 1. The highest BCUT2D eigenvalue weighted by Crippen LogP contribution is 2.09. The molecule has 1 fully saturated rings. The monoisotopic (exact) mass is 219 g/mol. The van der Waals surface area contributed by atoms with Crippen molar-refractivity contribution in [1.29, 1.82) is 5.26 Å². The molecule has 6 heteroatoms. The standard InChI is InChI=1S/C10H13N5O/c1-14-9(2-3-13-14)10(16)15-5-4-12-7-8(15)6-11/h2-3,8,12H,4-5,7H2,1H3. The average Bonchev–Trinajstić information content (AvgIpc) is 2.74. The molecular weight excluding hydrogens is 206 g/mol. The summed E-state index contributed by atoms with van der Waals surface area (Å²) in [5, 5.41) is 16.0. The molecule has 0 saturated carbocycles. The summed E-state index contributed by atoms with van der Waals surface area (Å²) in [4.78, 5) is 13.7. The van der Waals surface area contributed by atoms with Gasteiger partial charge in [0.1, 0.15) is 11.7 Å². The normalized spacial score (nSPS) is 20.5. The molecule has 1 atom stereocenters. The lowest BCUT2D eigenvalue weighted by molar-refractivity contribution is 0.0676. The van der Waals surface area contributed by atoms with Crippen molar-refractivity contribution in [2.45, 2.75) is 6.04 Å². The van der Waals surface area contributed by atoms with Gasteiger partial charge in [-0.25, -0.2) is 0 Å². The maximum Gasteiger partial charge on any atom is 0.273 e. The van der Waals surface area contributed by atoms with Crippen LogP contribution in [0.2, 0.25) is 0 Å². The number of piperazine rings is 1. The van der Waals surface area contributed by atoms with Gasteiger partial charge in [0.25, 0.3) is 5.91 Å². The molecule has 1 aromatic heterocycles. The van der Waals surface area contributed by atoms with E-state index in [9.17, 15) is 4.79 Å². The molecule has 0 aliphatic carbocycles. The number of amides is 1. The van der Waals surface area contributed by atoms with E-state index in [0.29, 0.717) is 18.8 Å². The highest BCUT2D eigenvalue weighted by Gasteiger charge is 2.28. The summed E-state index contributed by atoms with van der Waals surface area (Å²) in [6, 6.07) is 3.40. The number of carbonyl (C=O) groups is 1. The Labute approximate surface area is 93.5 Å². The molecule has 0 bridgehead atoms. The number of hydrogen-bond acceptors (Lipinski definition) is 4. The maximum absolute atomic E-state index is 12.1. The summed E-state index contributed by atoms with van der Waals surface area (Å²) in [5.41, 5.74) is 0.516. The molecule has 16 heavy (non-hydrogen) atoms. The molecule has 1 N–H and O–H groups in total. The molecule has 0 spiro atoms. The molecule has 2 heterocycles. The van der Waals surface area contributed by atoms with Gasteiger partial charge in [-0.2, -0.15) is 10.4 Å². The Morgan fingerprint density at radius 3 is 3.19 bits per heavy atom. The van der Waals surface area contributed by atoms with E-state index in [4.69, 9.17) is 5.26 Å². The number of hydrogen-bond donors (Lipinski definition) is 1. The van der Waals surface area contributed by atoms with Crippen LogP contribution in [0.5, 0.6) is 0 Å². The minimum absolute atomic E-state index is 0.131. The second-order valence-corrected chi connectivity index (χ2v) is 3.69. The quantitative estimate of drug-likeness (QED) is 0.681. The van der Waals surface area contributed by atoms with E-state index in [1.54, 1.807) is 24.2 Å². The Morgan fingerprint density at radius 1 is 1.75 bits per heavy atom. The number of aromatic nitrogens is 2. The molecule has 1 amide bonds. The lowest BCUT2D eigenvalue weighted by atomic mass is 10.2. The lowest BCUT2D eigenvalue weighted by Crippen LogP contribution is -2.53. The van der Waals surface area contributed by atoms with Gasteiger partial charge in [-0.05, 0) is 6.07 Å². The van der Waals surface area contributed by atoms with E-state index in [2.05, 4.69) is 16.5 Å². The maximum atomic E-state index is 12.1. The first kappa shape index (κ1) is 10.6. The topological polar surface area (TPSA) is 74.0 Å². The Balaban J connectivity index is 2.21. The van der Waals surface area contributed by atoms with Crippen molar-refractivity contribution in [3.8, 4) is 6.07 Å². The van der Waals surface area contributed by atoms with Crippen LogP contribution >= 0.6 is 0 Å². The smallest absolute Gasteiger partial charge is 0.273 e. The van der Waals surface area contributed by atoms with Gasteiger partial charge in [-0.15, -0.1) is 0 Å². The molecule has 2 rings (SSSR count). The van der Waals surface area contributed by atoms with Crippen LogP contribution in [0.1, 0.15) is 10.5 Å². The van der Waals surface area contributed by atoms with Crippen molar-refractivity contribution >= 4 is 5.91 Å². The van der Waals surface area contributed by atoms with Gasteiger partial charge < -0.3 is 10.2 Å². The number of carbonyl (C=O) groups excluding carboxylic acids is 1. The van der Waals surface area contributed by atoms with Gasteiger partial charge in [0.15, 0.2) is 0 Å². The zero-order valence-corrected chi connectivity index (χ0v) is 9.05. The number of nitrogens with zero attached hydrogens (tertiary/aromatic N) is 4. The van der Waals surface area contributed by atoms with Crippen molar-refractivity contribution in [3.05, 3.63) is 18.0 Å². The van der Waals surface area contributed by atoms with Crippen LogP contribution in [0.3, 0.4) is 0 Å². The molecule has 84 valence electrons. The van der Waals surface area contributed by atoms with Gasteiger partial charge in [-0.1, -0.05) is 0 Å². The van der Waals surface area contributed by atoms with Crippen LogP contribution in [-0.4, -0.2) is 46.3 Å². The summed E-state index contributed by atoms with van der Waals surface area (Å²) in [5.74, 6) is -0.131. The summed E-state index contributed by atoms with van der Waals surface area (Å²) < 4.78 is 1.53. The van der Waals surface area contributed by atoms with Crippen molar-refractivity contribution in [2.75, 3.05) is 19.6 Å². The summed E-state index contributed by atoms with van der Waals surface area (Å²) >= 11 is 0. The molecule has 1 aliphatic heterocycles. The van der Waals surface area contributed by atoms with Gasteiger partial charge in [0.05, 0.1) is 6.07 Å². The summed E-state index contributed by atoms with van der Waals surface area (Å²) in [7, 11) is 1.72. The molecule has 1 saturated heterocycles. The van der Waals surface area contributed by atoms with Gasteiger partial charge in [-0.3, -0.25) is 9.48 Å². The van der Waals surface area contributed by atoms with Crippen molar-refractivity contribution < 1.29 is 4.79 Å². The van der Waals surface area contributed by atoms with E-state index < -0.39 is 6.04 Å². The molecule has 1 unspecified atom stereocenters. The Hall–Kier alpha value is -1.87. The molecule has 1 aromatic rings. The first-order valence-electron chi connectivity index (χ1n) is 5.13. The van der Waals surface area contributed by atoms with E-state index in [1.165, 1.54) is 4.68 Å². The average molecular weight is 219 g/mol. The van der Waals surface area contributed by atoms with E-state index >= 15 is 0 Å². The highest BCUT2D eigenvalue weighted by atomic mass is 16.2. The third-order valence-electron chi connectivity index (χ3n) is 2.69. The predicted octanol–water partition coefficient (Wildman–Crippen LogP) is -0.642. The van der Waals surface area contributed by atoms with Crippen LogP contribution in [0.15, 0.2) is 12.3 Å². The molecule has 0 aromatic carbocycles. The highest BCUT2D eigenvalue weighted by molar-refractivity contribution is 5.93. The van der Waals surface area contributed by atoms with E-state index in [-0.39, 0.29) is 5.91 Å². The van der Waals surface area contributed by atoms with E-state index in [0.717, 1.165) is 6.54 Å². The van der Waals surface area contributed by atoms with Gasteiger partial charge in [0, 0.05) is 32.9 Å². The predicted molar refractivity (Wildman–Crippen MR) is 56.5 cm³/mol. The Bertz CT molecular complexity index is 433. The van der Waals surface area contributed by atoms with Crippen molar-refractivity contribution in [1.82, 2.24) is 20.0 Å². The zero-order chi connectivity index (χ0) is 11.5. The van der Waals surface area contributed by atoms with Crippen molar-refractivity contribution in [3.63, 3.8) is 0 Å². The van der Waals surface area contributed by atoms with Crippen LogP contribution in [0, 0.1) is 11.3 Å². The molecule has 1 aliphatic rings. The number of nitrogens with one attached hydrogen (secondary N) is 1. The van der Waals surface area contributed by atoms with Crippen LogP contribution in [0.25, 0.3) is 0 Å². The fraction of sp³-hybridized carbons (Fsp3) is 0.500. The van der Waals surface area contributed by atoms with Crippen molar-refractivity contribution in [2.24, 2.45) is 7.05 Å². The number of aryl methyl sites for hydroxylation is 1. The first-order valence-corrected chi connectivity index (χ1v) is 5.13. The molecule has 6 nitrogen and oxygen atoms in total. The second-order valence-electron chi connectivity index (χ2n) is 3.69. The Morgan fingerprint density at radius 2 is 2.56 bits per heavy atom. The SMILES string of the molecule is Cn1nccc1C(=O)N1CCNCC1C#N. The first-order chi connectivity index (χ1) is 7.74. The van der Waals surface area contributed by atoms with E-state index in [1.807, 2.05) is 0 Å². The summed E-state index contributed by atoms with van der Waals surface area (Å²) in [6.45, 7) is 1.81. The fourth-order valence-electron chi connectivity index (χ4n) is 1.79. The largest absolute Gasteiger partial charge is 0.319 e. The van der Waals surface area contributed by atoms with Crippen LogP contribution in [0.4, 0.5) is 0 Å². The zero-order valence-electron chi connectivity index (χ0n) is 9.05. The van der Waals surface area contributed by atoms with Crippen LogP contribution in [-0.2, 0) is 7.05 Å². The molecular formula is C10H13N5O. The van der Waals surface area contributed by atoms with Crippen LogP contribution < -0.4 is 5.32 Å². The minimum Gasteiger partial charge on any atom is -0.319 e. The Kier molecular flexibility index (Phi) is 2.88. The third kappa shape index (κ3) is 1.77.